The van der Waals surface area contributed by atoms with E-state index < -0.39 is 15.9 Å². The number of amides is 1. The molecule has 0 saturated heterocycles. The molecule has 4 nitrogen and oxygen atoms in total. The summed E-state index contributed by atoms with van der Waals surface area (Å²) in [6, 6.07) is 5.46. The van der Waals surface area contributed by atoms with Crippen LogP contribution >= 0.6 is 27.5 Å². The van der Waals surface area contributed by atoms with Crippen molar-refractivity contribution in [2.75, 3.05) is 5.75 Å². The van der Waals surface area contributed by atoms with Gasteiger partial charge in [-0.3, -0.25) is 9.52 Å². The van der Waals surface area contributed by atoms with Gasteiger partial charge in [-0.25, -0.2) is 8.42 Å². The third-order valence-corrected chi connectivity index (χ3v) is 4.44. The van der Waals surface area contributed by atoms with Gasteiger partial charge in [0.15, 0.2) is 0 Å². The SMILES string of the molecule is CC(=O)NS(=O)(=O)CCCc1ccc(Br)cc1Cl. The van der Waals surface area contributed by atoms with Crippen molar-refractivity contribution < 1.29 is 13.2 Å². The van der Waals surface area contributed by atoms with Crippen molar-refractivity contribution in [1.29, 1.82) is 0 Å². The zero-order valence-corrected chi connectivity index (χ0v) is 12.9. The standard InChI is InChI=1S/C11H13BrClNO3S/c1-8(15)14-18(16,17)6-2-3-9-4-5-10(12)7-11(9)13/h4-5,7H,2-3,6H2,1H3,(H,14,15). The topological polar surface area (TPSA) is 63.2 Å². The summed E-state index contributed by atoms with van der Waals surface area (Å²) < 4.78 is 25.6. The van der Waals surface area contributed by atoms with Crippen LogP contribution in [0.1, 0.15) is 18.9 Å². The lowest BCUT2D eigenvalue weighted by Crippen LogP contribution is -2.30. The maximum Gasteiger partial charge on any atom is 0.234 e. The van der Waals surface area contributed by atoms with Crippen molar-refractivity contribution in [1.82, 2.24) is 4.72 Å². The molecule has 100 valence electrons. The van der Waals surface area contributed by atoms with Crippen LogP contribution in [-0.4, -0.2) is 20.1 Å². The molecule has 1 rings (SSSR count). The molecular formula is C11H13BrClNO3S. The summed E-state index contributed by atoms with van der Waals surface area (Å²) in [4.78, 5) is 10.7. The molecule has 0 atom stereocenters. The van der Waals surface area contributed by atoms with Gasteiger partial charge in [0.2, 0.25) is 15.9 Å². The third kappa shape index (κ3) is 5.37. The molecule has 0 aliphatic rings. The molecule has 18 heavy (non-hydrogen) atoms. The number of nitrogens with one attached hydrogen (secondary N) is 1. The number of rotatable bonds is 5. The summed E-state index contributed by atoms with van der Waals surface area (Å²) in [5, 5.41) is 0.598. The Morgan fingerprint density at radius 1 is 1.44 bits per heavy atom. The van der Waals surface area contributed by atoms with Crippen molar-refractivity contribution in [3.8, 4) is 0 Å². The molecule has 0 aliphatic carbocycles. The Hall–Kier alpha value is -0.590. The van der Waals surface area contributed by atoms with E-state index in [0.717, 1.165) is 10.0 Å². The van der Waals surface area contributed by atoms with E-state index in [1.165, 1.54) is 6.92 Å². The van der Waals surface area contributed by atoms with E-state index in [9.17, 15) is 13.2 Å². The van der Waals surface area contributed by atoms with Gasteiger partial charge in [0, 0.05) is 16.4 Å². The number of aryl methyl sites for hydroxylation is 1. The second-order valence-corrected chi connectivity index (χ2v) is 6.98. The van der Waals surface area contributed by atoms with Crippen LogP contribution in [0.25, 0.3) is 0 Å². The van der Waals surface area contributed by atoms with E-state index in [2.05, 4.69) is 15.9 Å². The molecule has 0 fully saturated rings. The van der Waals surface area contributed by atoms with Crippen LogP contribution in [0.5, 0.6) is 0 Å². The highest BCUT2D eigenvalue weighted by molar-refractivity contribution is 9.10. The van der Waals surface area contributed by atoms with Crippen LogP contribution in [0.4, 0.5) is 0 Å². The molecule has 0 heterocycles. The lowest BCUT2D eigenvalue weighted by atomic mass is 10.1. The van der Waals surface area contributed by atoms with Crippen LogP contribution in [0.3, 0.4) is 0 Å². The lowest BCUT2D eigenvalue weighted by Gasteiger charge is -2.06. The van der Waals surface area contributed by atoms with Gasteiger partial charge < -0.3 is 0 Å². The van der Waals surface area contributed by atoms with Gasteiger partial charge in [-0.05, 0) is 30.5 Å². The predicted octanol–water partition coefficient (Wildman–Crippen LogP) is 2.50. The molecule has 0 radical (unpaired) electrons. The van der Waals surface area contributed by atoms with Gasteiger partial charge in [0.25, 0.3) is 0 Å². The van der Waals surface area contributed by atoms with E-state index in [-0.39, 0.29) is 5.75 Å². The summed E-state index contributed by atoms with van der Waals surface area (Å²) in [6.07, 6.45) is 0.953. The van der Waals surface area contributed by atoms with E-state index in [1.54, 1.807) is 6.07 Å². The zero-order valence-electron chi connectivity index (χ0n) is 9.74. The Balaban J connectivity index is 2.54. The summed E-state index contributed by atoms with van der Waals surface area (Å²) in [5.74, 6) is -0.671. The Morgan fingerprint density at radius 3 is 2.67 bits per heavy atom. The molecule has 0 saturated carbocycles. The molecule has 7 heteroatoms. The third-order valence-electron chi connectivity index (χ3n) is 2.17. The highest BCUT2D eigenvalue weighted by Crippen LogP contribution is 2.22. The fraction of sp³-hybridized carbons (Fsp3) is 0.364. The smallest absolute Gasteiger partial charge is 0.234 e. The highest BCUT2D eigenvalue weighted by atomic mass is 79.9. The van der Waals surface area contributed by atoms with Gasteiger partial charge in [-0.15, -0.1) is 0 Å². The second-order valence-electron chi connectivity index (χ2n) is 3.82. The van der Waals surface area contributed by atoms with Crippen LogP contribution in [0, 0.1) is 0 Å². The first kappa shape index (κ1) is 15.5. The minimum Gasteiger partial charge on any atom is -0.274 e. The maximum absolute atomic E-state index is 11.4. The van der Waals surface area contributed by atoms with Crippen LogP contribution < -0.4 is 4.72 Å². The molecule has 0 unspecified atom stereocenters. The second kappa shape index (κ2) is 6.54. The molecule has 0 spiro atoms. The normalized spacial score (nSPS) is 11.3. The molecular weight excluding hydrogens is 342 g/mol. The largest absolute Gasteiger partial charge is 0.274 e. The van der Waals surface area contributed by atoms with Gasteiger partial charge >= 0.3 is 0 Å². The molecule has 1 aromatic rings. The molecule has 1 N–H and O–H groups in total. The molecule has 1 amide bonds. The fourth-order valence-corrected chi connectivity index (χ4v) is 3.28. The van der Waals surface area contributed by atoms with Crippen LogP contribution in [0.2, 0.25) is 5.02 Å². The first-order chi connectivity index (χ1) is 8.30. The minimum atomic E-state index is -3.52. The van der Waals surface area contributed by atoms with Crippen molar-refractivity contribution in [2.45, 2.75) is 19.8 Å². The summed E-state index contributed by atoms with van der Waals surface area (Å²) in [7, 11) is -3.52. The Bertz CT molecular complexity index is 545. The van der Waals surface area contributed by atoms with Crippen LogP contribution in [0.15, 0.2) is 22.7 Å². The predicted molar refractivity (Wildman–Crippen MR) is 75.1 cm³/mol. The van der Waals surface area contributed by atoms with Crippen molar-refractivity contribution in [2.24, 2.45) is 0 Å². The van der Waals surface area contributed by atoms with E-state index >= 15 is 0 Å². The Morgan fingerprint density at radius 2 is 2.11 bits per heavy atom. The zero-order chi connectivity index (χ0) is 13.8. The summed E-state index contributed by atoms with van der Waals surface area (Å²) in [6.45, 7) is 1.17. The molecule has 1 aromatic carbocycles. The quantitative estimate of drug-likeness (QED) is 0.883. The van der Waals surface area contributed by atoms with Gasteiger partial charge in [0.1, 0.15) is 0 Å². The van der Waals surface area contributed by atoms with E-state index in [1.807, 2.05) is 16.9 Å². The van der Waals surface area contributed by atoms with Crippen LogP contribution in [-0.2, 0) is 21.2 Å². The van der Waals surface area contributed by atoms with Gasteiger partial charge in [-0.2, -0.15) is 0 Å². The summed E-state index contributed by atoms with van der Waals surface area (Å²) in [5.41, 5.74) is 0.887. The minimum absolute atomic E-state index is 0.0982. The lowest BCUT2D eigenvalue weighted by molar-refractivity contribution is -0.117. The number of benzene rings is 1. The Kier molecular flexibility index (Phi) is 5.62. The monoisotopic (exact) mass is 353 g/mol. The van der Waals surface area contributed by atoms with E-state index in [4.69, 9.17) is 11.6 Å². The molecule has 0 bridgehead atoms. The average molecular weight is 355 g/mol. The fourth-order valence-electron chi connectivity index (χ4n) is 1.45. The first-order valence-corrected chi connectivity index (χ1v) is 8.07. The van der Waals surface area contributed by atoms with Gasteiger partial charge in [-0.1, -0.05) is 33.6 Å². The average Bonchev–Trinajstić information content (AvgIpc) is 2.19. The van der Waals surface area contributed by atoms with Crippen molar-refractivity contribution in [3.05, 3.63) is 33.3 Å². The maximum atomic E-state index is 11.4. The first-order valence-electron chi connectivity index (χ1n) is 5.25. The molecule has 0 aliphatic heterocycles. The van der Waals surface area contributed by atoms with Crippen molar-refractivity contribution >= 4 is 43.5 Å². The number of hydrogen-bond donors (Lipinski definition) is 1. The highest BCUT2D eigenvalue weighted by Gasteiger charge is 2.11. The number of carbonyl (C=O) groups is 1. The van der Waals surface area contributed by atoms with E-state index in [0.29, 0.717) is 17.9 Å². The van der Waals surface area contributed by atoms with Gasteiger partial charge in [0.05, 0.1) is 5.75 Å². The number of hydrogen-bond acceptors (Lipinski definition) is 3. The molecule has 0 aromatic heterocycles. The Labute approximate surface area is 120 Å². The van der Waals surface area contributed by atoms with Crippen molar-refractivity contribution in [3.63, 3.8) is 0 Å². The number of halogens is 2. The summed E-state index contributed by atoms with van der Waals surface area (Å²) >= 11 is 9.31. The number of carbonyl (C=O) groups excluding carboxylic acids is 1. The number of sulfonamides is 1.